The van der Waals surface area contributed by atoms with Gasteiger partial charge in [0.1, 0.15) is 5.75 Å². The first kappa shape index (κ1) is 15.3. The number of nitrogens with zero attached hydrogens (tertiary/aromatic N) is 1. The second-order valence-corrected chi connectivity index (χ2v) is 4.61. The lowest BCUT2D eigenvalue weighted by molar-refractivity contribution is 0.0530. The van der Waals surface area contributed by atoms with E-state index >= 15 is 0 Å². The number of anilines is 1. The number of likely N-dealkylation sites (N-methyl/N-ethyl adjacent to an activating group) is 1. The molecule has 1 aromatic rings. The van der Waals surface area contributed by atoms with Crippen molar-refractivity contribution in [1.82, 2.24) is 4.90 Å². The normalized spacial score (nSPS) is 10.6. The van der Waals surface area contributed by atoms with Crippen molar-refractivity contribution in [3.05, 3.63) is 23.8 Å². The number of nitrogen functional groups attached to an aromatic ring is 1. The molecule has 0 atom stereocenters. The van der Waals surface area contributed by atoms with Gasteiger partial charge in [-0.2, -0.15) is 0 Å². The van der Waals surface area contributed by atoms with Crippen LogP contribution in [-0.2, 0) is 4.74 Å². The monoisotopic (exact) mass is 266 g/mol. The molecule has 1 rings (SSSR count). The van der Waals surface area contributed by atoms with E-state index in [9.17, 15) is 4.79 Å². The zero-order valence-corrected chi connectivity index (χ0v) is 12.0. The molecule has 0 saturated heterocycles. The van der Waals surface area contributed by atoms with E-state index in [0.717, 1.165) is 0 Å². The molecule has 1 aromatic carbocycles. The minimum Gasteiger partial charge on any atom is -0.496 e. The predicted molar refractivity (Wildman–Crippen MR) is 75.5 cm³/mol. The number of ether oxygens (including phenoxy) is 2. The Labute approximate surface area is 114 Å². The summed E-state index contributed by atoms with van der Waals surface area (Å²) in [7, 11) is 3.26. The van der Waals surface area contributed by atoms with E-state index in [1.54, 1.807) is 30.1 Å². The summed E-state index contributed by atoms with van der Waals surface area (Å²) in [6.07, 6.45) is 0.162. The first-order valence-corrected chi connectivity index (χ1v) is 6.26. The molecule has 5 heteroatoms. The maximum Gasteiger partial charge on any atom is 0.257 e. The van der Waals surface area contributed by atoms with Crippen LogP contribution in [-0.4, -0.2) is 44.2 Å². The smallest absolute Gasteiger partial charge is 0.257 e. The molecular weight excluding hydrogens is 244 g/mol. The first-order valence-electron chi connectivity index (χ1n) is 6.26. The third-order valence-corrected chi connectivity index (χ3v) is 2.68. The molecule has 0 saturated carbocycles. The van der Waals surface area contributed by atoms with Crippen LogP contribution in [0.2, 0.25) is 0 Å². The molecule has 0 aliphatic carbocycles. The van der Waals surface area contributed by atoms with Crippen LogP contribution in [0.15, 0.2) is 18.2 Å². The van der Waals surface area contributed by atoms with Gasteiger partial charge in [-0.05, 0) is 26.0 Å². The van der Waals surface area contributed by atoms with Gasteiger partial charge in [-0.25, -0.2) is 0 Å². The Hall–Kier alpha value is -1.75. The Morgan fingerprint density at radius 3 is 2.68 bits per heavy atom. The van der Waals surface area contributed by atoms with Crippen LogP contribution in [0.4, 0.5) is 5.69 Å². The Morgan fingerprint density at radius 1 is 1.42 bits per heavy atom. The number of carbonyl (C=O) groups is 1. The topological polar surface area (TPSA) is 64.8 Å². The van der Waals surface area contributed by atoms with Gasteiger partial charge in [0.15, 0.2) is 0 Å². The Morgan fingerprint density at radius 2 is 2.11 bits per heavy atom. The van der Waals surface area contributed by atoms with Crippen molar-refractivity contribution in [1.29, 1.82) is 0 Å². The highest BCUT2D eigenvalue weighted by Crippen LogP contribution is 2.22. The standard InChI is InChI=1S/C14H22N2O3/c1-10(2)19-8-7-16(3)14(17)12-6-5-11(15)9-13(12)18-4/h5-6,9-10H,7-8,15H2,1-4H3. The summed E-state index contributed by atoms with van der Waals surface area (Å²) >= 11 is 0. The third-order valence-electron chi connectivity index (χ3n) is 2.68. The number of rotatable bonds is 6. The minimum atomic E-state index is -0.107. The van der Waals surface area contributed by atoms with Gasteiger partial charge in [0.05, 0.1) is 25.4 Å². The van der Waals surface area contributed by atoms with Crippen molar-refractivity contribution >= 4 is 11.6 Å². The molecule has 5 nitrogen and oxygen atoms in total. The van der Waals surface area contributed by atoms with Gasteiger partial charge in [0, 0.05) is 25.3 Å². The van der Waals surface area contributed by atoms with Crippen molar-refractivity contribution in [2.24, 2.45) is 0 Å². The van der Waals surface area contributed by atoms with Crippen LogP contribution < -0.4 is 10.5 Å². The van der Waals surface area contributed by atoms with E-state index in [-0.39, 0.29) is 12.0 Å². The third kappa shape index (κ3) is 4.44. The number of nitrogens with two attached hydrogens (primary N) is 1. The average molecular weight is 266 g/mol. The molecule has 0 unspecified atom stereocenters. The molecule has 2 N–H and O–H groups in total. The quantitative estimate of drug-likeness (QED) is 0.797. The molecule has 0 aliphatic rings. The van der Waals surface area contributed by atoms with Gasteiger partial charge in [-0.15, -0.1) is 0 Å². The van der Waals surface area contributed by atoms with Gasteiger partial charge >= 0.3 is 0 Å². The van der Waals surface area contributed by atoms with Crippen molar-refractivity contribution < 1.29 is 14.3 Å². The van der Waals surface area contributed by atoms with E-state index in [0.29, 0.717) is 30.2 Å². The number of carbonyl (C=O) groups excluding carboxylic acids is 1. The van der Waals surface area contributed by atoms with Crippen LogP contribution in [0.1, 0.15) is 24.2 Å². The van der Waals surface area contributed by atoms with E-state index < -0.39 is 0 Å². The van der Waals surface area contributed by atoms with Crippen LogP contribution in [0.5, 0.6) is 5.75 Å². The second kappa shape index (κ2) is 6.99. The number of benzene rings is 1. The van der Waals surface area contributed by atoms with Crippen LogP contribution >= 0.6 is 0 Å². The second-order valence-electron chi connectivity index (χ2n) is 4.61. The van der Waals surface area contributed by atoms with Crippen molar-refractivity contribution in [2.75, 3.05) is 33.0 Å². The van der Waals surface area contributed by atoms with E-state index in [1.165, 1.54) is 7.11 Å². The predicted octanol–water partition coefficient (Wildman–Crippen LogP) is 1.77. The number of methoxy groups -OCH3 is 1. The summed E-state index contributed by atoms with van der Waals surface area (Å²) in [5.74, 6) is 0.380. The summed E-state index contributed by atoms with van der Waals surface area (Å²) in [5.41, 5.74) is 6.74. The lowest BCUT2D eigenvalue weighted by Crippen LogP contribution is -2.31. The first-order chi connectivity index (χ1) is 8.95. The maximum atomic E-state index is 12.3. The lowest BCUT2D eigenvalue weighted by Gasteiger charge is -2.19. The van der Waals surface area contributed by atoms with E-state index in [2.05, 4.69) is 0 Å². The van der Waals surface area contributed by atoms with Crippen molar-refractivity contribution in [2.45, 2.75) is 20.0 Å². The van der Waals surface area contributed by atoms with E-state index in [4.69, 9.17) is 15.2 Å². The van der Waals surface area contributed by atoms with Gasteiger partial charge in [0.2, 0.25) is 0 Å². The highest BCUT2D eigenvalue weighted by molar-refractivity contribution is 5.97. The van der Waals surface area contributed by atoms with Gasteiger partial charge in [-0.3, -0.25) is 4.79 Å². The molecule has 0 radical (unpaired) electrons. The minimum absolute atomic E-state index is 0.107. The zero-order chi connectivity index (χ0) is 14.4. The van der Waals surface area contributed by atoms with Crippen LogP contribution in [0.3, 0.4) is 0 Å². The molecule has 0 aliphatic heterocycles. The van der Waals surface area contributed by atoms with Gasteiger partial charge < -0.3 is 20.1 Å². The summed E-state index contributed by atoms with van der Waals surface area (Å²) < 4.78 is 10.6. The molecule has 0 aromatic heterocycles. The molecule has 106 valence electrons. The fraction of sp³-hybridized carbons (Fsp3) is 0.500. The summed E-state index contributed by atoms with van der Waals surface area (Å²) in [4.78, 5) is 13.9. The Kier molecular flexibility index (Phi) is 5.63. The zero-order valence-electron chi connectivity index (χ0n) is 12.0. The highest BCUT2D eigenvalue weighted by atomic mass is 16.5. The number of amides is 1. The SMILES string of the molecule is COc1cc(N)ccc1C(=O)N(C)CCOC(C)C. The van der Waals surface area contributed by atoms with Crippen molar-refractivity contribution in [3.8, 4) is 5.75 Å². The van der Waals surface area contributed by atoms with Crippen molar-refractivity contribution in [3.63, 3.8) is 0 Å². The lowest BCUT2D eigenvalue weighted by atomic mass is 10.1. The summed E-state index contributed by atoms with van der Waals surface area (Å²) in [6, 6.07) is 5.01. The fourth-order valence-corrected chi connectivity index (χ4v) is 1.62. The Balaban J connectivity index is 2.71. The molecular formula is C14H22N2O3. The number of hydrogen-bond acceptors (Lipinski definition) is 4. The molecule has 0 fully saturated rings. The molecule has 0 heterocycles. The van der Waals surface area contributed by atoms with Gasteiger partial charge in [0.25, 0.3) is 5.91 Å². The summed E-state index contributed by atoms with van der Waals surface area (Å²) in [5, 5.41) is 0. The Bertz CT molecular complexity index is 433. The average Bonchev–Trinajstić information content (AvgIpc) is 2.37. The van der Waals surface area contributed by atoms with Crippen LogP contribution in [0, 0.1) is 0 Å². The van der Waals surface area contributed by atoms with Crippen LogP contribution in [0.25, 0.3) is 0 Å². The molecule has 0 bridgehead atoms. The maximum absolute atomic E-state index is 12.3. The summed E-state index contributed by atoms with van der Waals surface area (Å²) in [6.45, 7) is 4.97. The van der Waals surface area contributed by atoms with Gasteiger partial charge in [-0.1, -0.05) is 0 Å². The largest absolute Gasteiger partial charge is 0.496 e. The fourth-order valence-electron chi connectivity index (χ4n) is 1.62. The number of hydrogen-bond donors (Lipinski definition) is 1. The molecule has 1 amide bonds. The molecule has 19 heavy (non-hydrogen) atoms. The van der Waals surface area contributed by atoms with E-state index in [1.807, 2.05) is 13.8 Å². The molecule has 0 spiro atoms. The highest BCUT2D eigenvalue weighted by Gasteiger charge is 2.16.